The normalized spacial score (nSPS) is 15.4. The highest BCUT2D eigenvalue weighted by Gasteiger charge is 2.39. The number of hydrogen-bond acceptors (Lipinski definition) is 7. The number of rotatable bonds is 8. The monoisotopic (exact) mass is 519 g/mol. The van der Waals surface area contributed by atoms with Crippen molar-refractivity contribution in [2.24, 2.45) is 9.95 Å². The summed E-state index contributed by atoms with van der Waals surface area (Å²) in [6.45, 7) is 19.4. The largest absolute Gasteiger partial charge is 0.496 e. The van der Waals surface area contributed by atoms with Crippen molar-refractivity contribution in [3.8, 4) is 5.75 Å². The molecule has 2 amide bonds. The lowest BCUT2D eigenvalue weighted by Gasteiger charge is -2.33. The average molecular weight is 520 g/mol. The molecule has 0 aromatic carbocycles. The maximum Gasteiger partial charge on any atom is 0.408 e. The molecule has 0 fully saturated rings. The molecule has 0 aliphatic rings. The van der Waals surface area contributed by atoms with Gasteiger partial charge in [-0.25, -0.2) is 9.00 Å². The third-order valence-corrected chi connectivity index (χ3v) is 14.5. The second-order valence-electron chi connectivity index (χ2n) is 11.0. The standard InChI is InChI=1S/C22H41N3O5S2Si/c1-15(2)12-17(23-20(27)30-21(3,4)5)19(26)24-32(28,18-13-16(29-9)14-31-18)25-33(10,11)22(6,7)8/h13-15,17H,12H2,1-11H3,(H,23,27)(H,24,25,26,28). The maximum absolute atomic E-state index is 14.2. The molecule has 8 nitrogen and oxygen atoms in total. The SMILES string of the molecule is COc1csc(S(=O)(=N[Si](C)(C)C(C)(C)C)NC(=O)C(CC(C)C)NC(=O)OC(C)(C)C)c1. The van der Waals surface area contributed by atoms with Crippen molar-refractivity contribution < 1.29 is 23.3 Å². The van der Waals surface area contributed by atoms with Gasteiger partial charge in [0.1, 0.15) is 21.6 Å². The topological polar surface area (TPSA) is 106 Å². The summed E-state index contributed by atoms with van der Waals surface area (Å²) in [6.07, 6.45) is -0.344. The molecular formula is C22H41N3O5S2Si. The molecule has 1 heterocycles. The summed E-state index contributed by atoms with van der Waals surface area (Å²) in [4.78, 5) is 25.7. The molecule has 0 saturated heterocycles. The predicted molar refractivity (Wildman–Crippen MR) is 138 cm³/mol. The first-order valence-electron chi connectivity index (χ1n) is 11.0. The smallest absolute Gasteiger partial charge is 0.408 e. The van der Waals surface area contributed by atoms with Gasteiger partial charge >= 0.3 is 6.09 Å². The van der Waals surface area contributed by atoms with E-state index < -0.39 is 41.8 Å². The van der Waals surface area contributed by atoms with Crippen molar-refractivity contribution in [3.05, 3.63) is 11.4 Å². The number of methoxy groups -OCH3 is 1. The van der Waals surface area contributed by atoms with E-state index in [-0.39, 0.29) is 11.0 Å². The van der Waals surface area contributed by atoms with Gasteiger partial charge in [0, 0.05) is 11.4 Å². The average Bonchev–Trinajstić information content (AvgIpc) is 3.07. The Morgan fingerprint density at radius 2 is 1.76 bits per heavy atom. The van der Waals surface area contributed by atoms with E-state index in [2.05, 4.69) is 30.8 Å². The van der Waals surface area contributed by atoms with Crippen LogP contribution in [0.3, 0.4) is 0 Å². The van der Waals surface area contributed by atoms with Gasteiger partial charge in [-0.3, -0.25) is 13.5 Å². The molecule has 2 unspecified atom stereocenters. The Balaban J connectivity index is 3.42. The Morgan fingerprint density at radius 1 is 1.18 bits per heavy atom. The molecule has 0 saturated carbocycles. The lowest BCUT2D eigenvalue weighted by atomic mass is 10.0. The van der Waals surface area contributed by atoms with Gasteiger partial charge in [-0.15, -0.1) is 11.3 Å². The van der Waals surface area contributed by atoms with Crippen molar-refractivity contribution in [1.29, 1.82) is 0 Å². The molecule has 1 aromatic rings. The van der Waals surface area contributed by atoms with Crippen LogP contribution in [0.4, 0.5) is 4.79 Å². The number of amides is 2. The number of nitrogens with one attached hydrogen (secondary N) is 2. The van der Waals surface area contributed by atoms with Crippen molar-refractivity contribution in [3.63, 3.8) is 0 Å². The fraction of sp³-hybridized carbons (Fsp3) is 0.727. The van der Waals surface area contributed by atoms with Gasteiger partial charge in [0.25, 0.3) is 5.91 Å². The molecule has 2 atom stereocenters. The fourth-order valence-electron chi connectivity index (χ4n) is 2.49. The van der Waals surface area contributed by atoms with Crippen LogP contribution in [0.1, 0.15) is 61.8 Å². The molecule has 0 bridgehead atoms. The lowest BCUT2D eigenvalue weighted by Crippen LogP contribution is -2.50. The molecule has 2 N–H and O–H groups in total. The molecule has 0 aliphatic carbocycles. The molecule has 0 aliphatic heterocycles. The zero-order valence-corrected chi connectivity index (χ0v) is 24.5. The third kappa shape index (κ3) is 8.93. The zero-order valence-electron chi connectivity index (χ0n) is 21.8. The number of nitrogens with zero attached hydrogens (tertiary/aromatic N) is 1. The van der Waals surface area contributed by atoms with E-state index in [0.29, 0.717) is 16.4 Å². The summed E-state index contributed by atoms with van der Waals surface area (Å²) in [5.74, 6) is 0.0910. The first-order valence-corrected chi connectivity index (χ1v) is 16.4. The van der Waals surface area contributed by atoms with E-state index in [1.165, 1.54) is 18.4 Å². The predicted octanol–water partition coefficient (Wildman–Crippen LogP) is 5.56. The number of hydrogen-bond donors (Lipinski definition) is 2. The number of thiophene rings is 1. The molecule has 190 valence electrons. The van der Waals surface area contributed by atoms with Crippen LogP contribution in [-0.2, 0) is 19.4 Å². The third-order valence-electron chi connectivity index (χ3n) is 5.21. The molecular weight excluding hydrogens is 478 g/mol. The van der Waals surface area contributed by atoms with Crippen LogP contribution in [0.2, 0.25) is 18.1 Å². The van der Waals surface area contributed by atoms with Crippen molar-refractivity contribution >= 4 is 41.5 Å². The highest BCUT2D eigenvalue weighted by molar-refractivity contribution is 7.95. The molecule has 0 spiro atoms. The fourth-order valence-corrected chi connectivity index (χ4v) is 9.20. The lowest BCUT2D eigenvalue weighted by molar-refractivity contribution is -0.121. The summed E-state index contributed by atoms with van der Waals surface area (Å²) in [6, 6.07) is 0.722. The summed E-state index contributed by atoms with van der Waals surface area (Å²) in [5.41, 5.74) is -0.707. The van der Waals surface area contributed by atoms with E-state index in [9.17, 15) is 13.8 Å². The van der Waals surface area contributed by atoms with Crippen LogP contribution in [0.5, 0.6) is 5.75 Å². The summed E-state index contributed by atoms with van der Waals surface area (Å²) in [7, 11) is -4.22. The Labute approximate surface area is 204 Å². The molecule has 33 heavy (non-hydrogen) atoms. The molecule has 1 aromatic heterocycles. The zero-order chi connectivity index (χ0) is 25.8. The van der Waals surface area contributed by atoms with E-state index in [0.717, 1.165) is 0 Å². The highest BCUT2D eigenvalue weighted by Crippen LogP contribution is 2.39. The minimum absolute atomic E-state index is 0.103. The highest BCUT2D eigenvalue weighted by atomic mass is 32.2. The van der Waals surface area contributed by atoms with Crippen LogP contribution in [0.25, 0.3) is 0 Å². The second kappa shape index (κ2) is 10.8. The number of alkyl carbamates (subject to hydrolysis) is 1. The Kier molecular flexibility index (Phi) is 9.61. The van der Waals surface area contributed by atoms with Gasteiger partial charge in [0.2, 0.25) is 0 Å². The van der Waals surface area contributed by atoms with Gasteiger partial charge in [-0.2, -0.15) is 0 Å². The first kappa shape index (κ1) is 29.4. The van der Waals surface area contributed by atoms with Gasteiger partial charge in [-0.05, 0) is 51.2 Å². The first-order chi connectivity index (χ1) is 14.8. The van der Waals surface area contributed by atoms with Crippen LogP contribution < -0.4 is 14.8 Å². The summed E-state index contributed by atoms with van der Waals surface area (Å²) < 4.78 is 32.7. The summed E-state index contributed by atoms with van der Waals surface area (Å²) >= 11 is 1.22. The van der Waals surface area contributed by atoms with Gasteiger partial charge in [0.05, 0.1) is 7.11 Å². The number of carbonyl (C=O) groups excluding carboxylic acids is 2. The molecule has 0 radical (unpaired) electrons. The quantitative estimate of drug-likeness (QED) is 0.437. The maximum atomic E-state index is 14.2. The van der Waals surface area contributed by atoms with Crippen LogP contribution in [0, 0.1) is 5.92 Å². The Bertz CT molecular complexity index is 952. The van der Waals surface area contributed by atoms with Gasteiger partial charge < -0.3 is 14.8 Å². The Hall–Kier alpha value is -1.59. The Morgan fingerprint density at radius 3 is 2.18 bits per heavy atom. The van der Waals surface area contributed by atoms with Crippen molar-refractivity contribution in [1.82, 2.24) is 10.0 Å². The summed E-state index contributed by atoms with van der Waals surface area (Å²) in [5, 5.41) is 4.18. The van der Waals surface area contributed by atoms with Gasteiger partial charge in [-0.1, -0.05) is 34.6 Å². The molecule has 11 heteroatoms. The minimum Gasteiger partial charge on any atom is -0.496 e. The van der Waals surface area contributed by atoms with Gasteiger partial charge in [0.15, 0.2) is 18.2 Å². The minimum atomic E-state index is -3.32. The van der Waals surface area contributed by atoms with Crippen LogP contribution in [0.15, 0.2) is 19.7 Å². The molecule has 1 rings (SSSR count). The number of carbonyl (C=O) groups is 2. The van der Waals surface area contributed by atoms with E-state index in [1.54, 1.807) is 32.2 Å². The van der Waals surface area contributed by atoms with Crippen molar-refractivity contribution in [2.75, 3.05) is 7.11 Å². The second-order valence-corrected chi connectivity index (χ2v) is 19.2. The van der Waals surface area contributed by atoms with E-state index in [1.807, 2.05) is 26.9 Å². The van der Waals surface area contributed by atoms with Crippen molar-refractivity contribution in [2.45, 2.75) is 95.8 Å². The van der Waals surface area contributed by atoms with E-state index in [4.69, 9.17) is 13.5 Å². The van der Waals surface area contributed by atoms with Crippen LogP contribution >= 0.6 is 11.3 Å². The van der Waals surface area contributed by atoms with Crippen LogP contribution in [-0.4, -0.2) is 43.2 Å². The number of ether oxygens (including phenoxy) is 2. The van der Waals surface area contributed by atoms with E-state index >= 15 is 0 Å².